The van der Waals surface area contributed by atoms with E-state index in [1.54, 1.807) is 6.08 Å². The minimum atomic E-state index is -0.540. The van der Waals surface area contributed by atoms with E-state index in [0.717, 1.165) is 18.2 Å². The molecule has 0 saturated heterocycles. The van der Waals surface area contributed by atoms with Crippen molar-refractivity contribution in [1.82, 2.24) is 0 Å². The highest BCUT2D eigenvalue weighted by Crippen LogP contribution is 2.20. The summed E-state index contributed by atoms with van der Waals surface area (Å²) >= 11 is 0. The van der Waals surface area contributed by atoms with Gasteiger partial charge in [0.2, 0.25) is 0 Å². The number of nitro benzene ring substituents is 1. The predicted molar refractivity (Wildman–Crippen MR) is 55.8 cm³/mol. The second-order valence-electron chi connectivity index (χ2n) is 2.94. The van der Waals surface area contributed by atoms with Crippen molar-refractivity contribution in [1.29, 1.82) is 0 Å². The van der Waals surface area contributed by atoms with Gasteiger partial charge >= 0.3 is 0 Å². The van der Waals surface area contributed by atoms with Crippen molar-refractivity contribution in [3.8, 4) is 0 Å². The van der Waals surface area contributed by atoms with Gasteiger partial charge in [-0.2, -0.15) is 0 Å². The van der Waals surface area contributed by atoms with Crippen LogP contribution in [0.25, 0.3) is 6.08 Å². The zero-order chi connectivity index (χ0) is 11.3. The molecule has 0 heterocycles. The summed E-state index contributed by atoms with van der Waals surface area (Å²) in [5, 5.41) is 10.6. The Morgan fingerprint density at radius 2 is 2.27 bits per heavy atom. The molecule has 0 aliphatic heterocycles. The molecule has 4 nitrogen and oxygen atoms in total. The van der Waals surface area contributed by atoms with Crippen molar-refractivity contribution in [2.24, 2.45) is 5.73 Å². The van der Waals surface area contributed by atoms with Gasteiger partial charge in [-0.05, 0) is 25.1 Å². The molecule has 0 spiro atoms. The number of nitro groups is 1. The lowest BCUT2D eigenvalue weighted by Crippen LogP contribution is -1.95. The average molecular weight is 210 g/mol. The first-order valence-corrected chi connectivity index (χ1v) is 4.45. The molecule has 1 rings (SSSR count). The van der Waals surface area contributed by atoms with E-state index in [9.17, 15) is 14.5 Å². The predicted octanol–water partition coefficient (Wildman–Crippen LogP) is 2.10. The lowest BCUT2D eigenvalue weighted by Gasteiger charge is -1.97. The maximum absolute atomic E-state index is 12.8. The van der Waals surface area contributed by atoms with E-state index in [2.05, 4.69) is 0 Å². The molecular weight excluding hydrogens is 199 g/mol. The summed E-state index contributed by atoms with van der Waals surface area (Å²) in [5.74, 6) is -0.493. The molecule has 0 atom stereocenters. The van der Waals surface area contributed by atoms with E-state index < -0.39 is 10.7 Å². The number of rotatable bonds is 4. The van der Waals surface area contributed by atoms with Crippen LogP contribution in [-0.4, -0.2) is 11.5 Å². The summed E-state index contributed by atoms with van der Waals surface area (Å²) in [6, 6.07) is 3.35. The Labute approximate surface area is 86.4 Å². The van der Waals surface area contributed by atoms with Gasteiger partial charge in [0.25, 0.3) is 5.69 Å². The molecule has 0 saturated carbocycles. The SMILES string of the molecule is NCCC=Cc1cc(F)ccc1[N+](=O)[O-]. The lowest BCUT2D eigenvalue weighted by atomic mass is 10.1. The number of hydrogen-bond acceptors (Lipinski definition) is 3. The van der Waals surface area contributed by atoms with Gasteiger partial charge in [0, 0.05) is 6.07 Å². The second-order valence-corrected chi connectivity index (χ2v) is 2.94. The first-order valence-electron chi connectivity index (χ1n) is 4.45. The highest BCUT2D eigenvalue weighted by molar-refractivity contribution is 5.60. The van der Waals surface area contributed by atoms with Crippen LogP contribution >= 0.6 is 0 Å². The van der Waals surface area contributed by atoms with Crippen molar-refractivity contribution < 1.29 is 9.31 Å². The van der Waals surface area contributed by atoms with Gasteiger partial charge in [-0.25, -0.2) is 4.39 Å². The third-order valence-corrected chi connectivity index (χ3v) is 1.82. The fraction of sp³-hybridized carbons (Fsp3) is 0.200. The molecule has 5 heteroatoms. The van der Waals surface area contributed by atoms with Gasteiger partial charge in [0.05, 0.1) is 10.5 Å². The van der Waals surface area contributed by atoms with Crippen LogP contribution in [0, 0.1) is 15.9 Å². The van der Waals surface area contributed by atoms with E-state index >= 15 is 0 Å². The van der Waals surface area contributed by atoms with E-state index in [0.29, 0.717) is 13.0 Å². The molecule has 0 radical (unpaired) electrons. The third-order valence-electron chi connectivity index (χ3n) is 1.82. The monoisotopic (exact) mass is 210 g/mol. The molecule has 80 valence electrons. The molecule has 0 fully saturated rings. The van der Waals surface area contributed by atoms with Gasteiger partial charge in [-0.1, -0.05) is 12.2 Å². The first-order chi connectivity index (χ1) is 7.15. The maximum Gasteiger partial charge on any atom is 0.276 e. The van der Waals surface area contributed by atoms with Crippen molar-refractivity contribution in [3.05, 3.63) is 45.8 Å². The first kappa shape index (κ1) is 11.3. The number of benzene rings is 1. The minimum absolute atomic E-state index is 0.107. The van der Waals surface area contributed by atoms with Gasteiger partial charge in [-0.15, -0.1) is 0 Å². The summed E-state index contributed by atoms with van der Waals surface area (Å²) in [7, 11) is 0. The molecule has 2 N–H and O–H groups in total. The van der Waals surface area contributed by atoms with E-state index in [4.69, 9.17) is 5.73 Å². The molecule has 15 heavy (non-hydrogen) atoms. The van der Waals surface area contributed by atoms with Gasteiger partial charge in [-0.3, -0.25) is 10.1 Å². The van der Waals surface area contributed by atoms with E-state index in [1.165, 1.54) is 6.08 Å². The molecule has 0 aliphatic carbocycles. The molecule has 1 aromatic carbocycles. The van der Waals surface area contributed by atoms with Crippen molar-refractivity contribution in [2.45, 2.75) is 6.42 Å². The molecule has 0 unspecified atom stereocenters. The number of halogens is 1. The van der Waals surface area contributed by atoms with Crippen LogP contribution in [0.2, 0.25) is 0 Å². The van der Waals surface area contributed by atoms with Crippen LogP contribution in [0.3, 0.4) is 0 Å². The Morgan fingerprint density at radius 3 is 2.87 bits per heavy atom. The fourth-order valence-electron chi connectivity index (χ4n) is 1.13. The number of nitrogens with two attached hydrogens (primary N) is 1. The lowest BCUT2D eigenvalue weighted by molar-refractivity contribution is -0.385. The smallest absolute Gasteiger partial charge is 0.276 e. The van der Waals surface area contributed by atoms with Crippen molar-refractivity contribution in [3.63, 3.8) is 0 Å². The topological polar surface area (TPSA) is 69.2 Å². The number of hydrogen-bond donors (Lipinski definition) is 1. The van der Waals surface area contributed by atoms with Crippen LogP contribution < -0.4 is 5.73 Å². The highest BCUT2D eigenvalue weighted by atomic mass is 19.1. The number of nitrogens with zero attached hydrogens (tertiary/aromatic N) is 1. The van der Waals surface area contributed by atoms with Crippen molar-refractivity contribution in [2.75, 3.05) is 6.54 Å². The molecule has 0 amide bonds. The summed E-state index contributed by atoms with van der Waals surface area (Å²) in [5.41, 5.74) is 5.41. The van der Waals surface area contributed by atoms with Crippen LogP contribution in [0.5, 0.6) is 0 Å². The van der Waals surface area contributed by atoms with E-state index in [1.807, 2.05) is 0 Å². The molecular formula is C10H11FN2O2. The Bertz CT molecular complexity index is 391. The molecule has 0 aromatic heterocycles. The average Bonchev–Trinajstić information content (AvgIpc) is 2.18. The fourth-order valence-corrected chi connectivity index (χ4v) is 1.13. The Balaban J connectivity index is 3.02. The quantitative estimate of drug-likeness (QED) is 0.611. The minimum Gasteiger partial charge on any atom is -0.330 e. The second kappa shape index (κ2) is 5.21. The van der Waals surface area contributed by atoms with Crippen LogP contribution in [-0.2, 0) is 0 Å². The summed E-state index contributed by atoms with van der Waals surface area (Å²) in [4.78, 5) is 10.1. The molecule has 0 bridgehead atoms. The van der Waals surface area contributed by atoms with Gasteiger partial charge in [0.15, 0.2) is 0 Å². The van der Waals surface area contributed by atoms with E-state index in [-0.39, 0.29) is 11.3 Å². The Morgan fingerprint density at radius 1 is 1.53 bits per heavy atom. The Kier molecular flexibility index (Phi) is 3.93. The largest absolute Gasteiger partial charge is 0.330 e. The normalized spacial score (nSPS) is 10.8. The van der Waals surface area contributed by atoms with Gasteiger partial charge in [0.1, 0.15) is 5.82 Å². The Hall–Kier alpha value is -1.75. The molecule has 0 aliphatic rings. The van der Waals surface area contributed by atoms with Crippen molar-refractivity contribution >= 4 is 11.8 Å². The molecule has 1 aromatic rings. The van der Waals surface area contributed by atoms with Gasteiger partial charge < -0.3 is 5.73 Å². The highest BCUT2D eigenvalue weighted by Gasteiger charge is 2.11. The van der Waals surface area contributed by atoms with Crippen LogP contribution in [0.4, 0.5) is 10.1 Å². The zero-order valence-electron chi connectivity index (χ0n) is 8.02. The maximum atomic E-state index is 12.8. The standard InChI is InChI=1S/C10H11FN2O2/c11-9-4-5-10(13(14)15)8(7-9)3-1-2-6-12/h1,3-5,7H,2,6,12H2. The summed E-state index contributed by atoms with van der Waals surface area (Å²) in [6.07, 6.45) is 3.80. The summed E-state index contributed by atoms with van der Waals surface area (Å²) < 4.78 is 12.8. The third kappa shape index (κ3) is 3.14. The van der Waals surface area contributed by atoms with Crippen LogP contribution in [0.15, 0.2) is 24.3 Å². The summed E-state index contributed by atoms with van der Waals surface area (Å²) in [6.45, 7) is 0.458. The van der Waals surface area contributed by atoms with Crippen LogP contribution in [0.1, 0.15) is 12.0 Å². The zero-order valence-corrected chi connectivity index (χ0v) is 8.02.